The quantitative estimate of drug-likeness (QED) is 0.334. The second-order valence-corrected chi connectivity index (χ2v) is 13.1. The zero-order chi connectivity index (χ0) is 33.9. The smallest absolute Gasteiger partial charge is 0.328 e. The van der Waals surface area contributed by atoms with Gasteiger partial charge in [0.05, 0.1) is 17.5 Å². The SMILES string of the molecule is COc1ccc(C[C@H]2NC(=O)/C=C/C[C@@H]([C@H](C)/C=C/c3ccccc3)OC(=O)[C@H](CC(C)C)NC(=O)C(C)(C)CNC2=O)cc1Cl. The summed E-state index contributed by atoms with van der Waals surface area (Å²) in [6.07, 6.45) is 7.03. The van der Waals surface area contributed by atoms with Crippen molar-refractivity contribution in [2.75, 3.05) is 13.7 Å². The Morgan fingerprint density at radius 2 is 1.74 bits per heavy atom. The summed E-state index contributed by atoms with van der Waals surface area (Å²) in [5.41, 5.74) is 0.633. The Kier molecular flexibility index (Phi) is 13.4. The van der Waals surface area contributed by atoms with Gasteiger partial charge in [0.15, 0.2) is 0 Å². The van der Waals surface area contributed by atoms with Crippen LogP contribution in [0.4, 0.5) is 0 Å². The highest BCUT2D eigenvalue weighted by Crippen LogP contribution is 2.26. The molecule has 0 aromatic heterocycles. The Balaban J connectivity index is 1.93. The van der Waals surface area contributed by atoms with Crippen LogP contribution in [0, 0.1) is 17.3 Å². The molecule has 248 valence electrons. The lowest BCUT2D eigenvalue weighted by Crippen LogP contribution is -2.54. The number of cyclic esters (lactones) is 1. The maximum atomic E-state index is 13.5. The second kappa shape index (κ2) is 17.0. The maximum absolute atomic E-state index is 13.5. The molecular formula is C36H46ClN3O6. The van der Waals surface area contributed by atoms with Gasteiger partial charge in [-0.05, 0) is 55.5 Å². The molecule has 4 atom stereocenters. The lowest BCUT2D eigenvalue weighted by Gasteiger charge is -2.30. The minimum atomic E-state index is -1.08. The lowest BCUT2D eigenvalue weighted by atomic mass is 9.90. The summed E-state index contributed by atoms with van der Waals surface area (Å²) in [4.78, 5) is 53.5. The number of ether oxygens (including phenoxy) is 2. The fraction of sp³-hybridized carbons (Fsp3) is 0.444. The summed E-state index contributed by atoms with van der Waals surface area (Å²) in [5, 5.41) is 8.85. The van der Waals surface area contributed by atoms with Crippen molar-refractivity contribution in [3.8, 4) is 5.75 Å². The van der Waals surface area contributed by atoms with Crippen LogP contribution in [0.5, 0.6) is 5.75 Å². The van der Waals surface area contributed by atoms with Crippen LogP contribution < -0.4 is 20.7 Å². The second-order valence-electron chi connectivity index (χ2n) is 12.7. The summed E-state index contributed by atoms with van der Waals surface area (Å²) in [7, 11) is 1.51. The molecule has 3 N–H and O–H groups in total. The Labute approximate surface area is 277 Å². The van der Waals surface area contributed by atoms with Gasteiger partial charge in [0.2, 0.25) is 17.7 Å². The molecule has 9 nitrogen and oxygen atoms in total. The highest BCUT2D eigenvalue weighted by molar-refractivity contribution is 6.32. The largest absolute Gasteiger partial charge is 0.495 e. The number of nitrogens with one attached hydrogen (secondary N) is 3. The summed E-state index contributed by atoms with van der Waals surface area (Å²) in [5.74, 6) is -1.53. The van der Waals surface area contributed by atoms with Crippen molar-refractivity contribution in [3.05, 3.63) is 82.9 Å². The molecule has 46 heavy (non-hydrogen) atoms. The molecule has 1 aliphatic heterocycles. The summed E-state index contributed by atoms with van der Waals surface area (Å²) < 4.78 is 11.3. The van der Waals surface area contributed by atoms with Gasteiger partial charge in [0, 0.05) is 25.3 Å². The zero-order valence-corrected chi connectivity index (χ0v) is 28.2. The highest BCUT2D eigenvalue weighted by Gasteiger charge is 2.35. The van der Waals surface area contributed by atoms with E-state index >= 15 is 0 Å². The van der Waals surface area contributed by atoms with Crippen LogP contribution >= 0.6 is 11.6 Å². The first-order valence-corrected chi connectivity index (χ1v) is 16.0. The number of rotatable bonds is 8. The first-order chi connectivity index (χ1) is 21.8. The van der Waals surface area contributed by atoms with Gasteiger partial charge in [0.25, 0.3) is 0 Å². The van der Waals surface area contributed by atoms with E-state index in [1.54, 1.807) is 38.1 Å². The van der Waals surface area contributed by atoms with Gasteiger partial charge < -0.3 is 25.4 Å². The predicted molar refractivity (Wildman–Crippen MR) is 180 cm³/mol. The fourth-order valence-corrected chi connectivity index (χ4v) is 5.19. The fourth-order valence-electron chi connectivity index (χ4n) is 4.91. The van der Waals surface area contributed by atoms with E-state index in [1.807, 2.05) is 63.3 Å². The van der Waals surface area contributed by atoms with Gasteiger partial charge in [0.1, 0.15) is 23.9 Å². The molecule has 0 aliphatic carbocycles. The number of amides is 3. The molecule has 0 radical (unpaired) electrons. The molecule has 10 heteroatoms. The molecule has 3 amide bonds. The van der Waals surface area contributed by atoms with Gasteiger partial charge in [-0.15, -0.1) is 0 Å². The number of carbonyl (C=O) groups excluding carboxylic acids is 4. The number of methoxy groups -OCH3 is 1. The molecule has 0 unspecified atom stereocenters. The Hall–Kier alpha value is -4.11. The number of halogens is 1. The molecule has 1 aliphatic rings. The van der Waals surface area contributed by atoms with Crippen LogP contribution in [-0.2, 0) is 30.3 Å². The van der Waals surface area contributed by atoms with Crippen molar-refractivity contribution in [1.82, 2.24) is 16.0 Å². The molecule has 1 heterocycles. The standard InChI is InChI=1S/C36H46ClN3O6/c1-23(2)19-29-34(43)46-30(24(3)15-16-25-11-8-7-9-12-25)13-10-14-32(41)39-28(21-26-17-18-31(45-6)27(37)20-26)33(42)38-22-36(4,5)35(44)40-29/h7-12,14-18,20,23-24,28-30H,13,19,21-22H2,1-6H3,(H,38,42)(H,39,41)(H,40,44)/b14-10+,16-15+/t24-,28-,29+,30+/m1/s1. The maximum Gasteiger partial charge on any atom is 0.328 e. The topological polar surface area (TPSA) is 123 Å². The molecule has 0 saturated carbocycles. The third-order valence-electron chi connectivity index (χ3n) is 7.79. The van der Waals surface area contributed by atoms with Gasteiger partial charge in [-0.1, -0.05) is 87.0 Å². The van der Waals surface area contributed by atoms with Crippen LogP contribution in [0.3, 0.4) is 0 Å². The lowest BCUT2D eigenvalue weighted by molar-refractivity contribution is -0.155. The van der Waals surface area contributed by atoms with E-state index in [1.165, 1.54) is 13.2 Å². The van der Waals surface area contributed by atoms with E-state index < -0.39 is 47.3 Å². The van der Waals surface area contributed by atoms with E-state index in [2.05, 4.69) is 16.0 Å². The molecule has 2 aromatic carbocycles. The Bertz CT molecular complexity index is 1420. The predicted octanol–water partition coefficient (Wildman–Crippen LogP) is 5.27. The number of hydrogen-bond donors (Lipinski definition) is 3. The normalized spacial score (nSPS) is 22.8. The zero-order valence-electron chi connectivity index (χ0n) is 27.5. The minimum Gasteiger partial charge on any atom is -0.495 e. The average molecular weight is 652 g/mol. The third-order valence-corrected chi connectivity index (χ3v) is 8.08. The van der Waals surface area contributed by atoms with E-state index in [0.29, 0.717) is 22.8 Å². The number of benzene rings is 2. The first kappa shape index (κ1) is 36.4. The summed E-state index contributed by atoms with van der Waals surface area (Å²) >= 11 is 6.31. The van der Waals surface area contributed by atoms with Crippen molar-refractivity contribution >= 4 is 41.4 Å². The van der Waals surface area contributed by atoms with Crippen LogP contribution in [0.15, 0.2) is 66.8 Å². The Morgan fingerprint density at radius 3 is 2.39 bits per heavy atom. The molecule has 0 bridgehead atoms. The first-order valence-electron chi connectivity index (χ1n) is 15.6. The van der Waals surface area contributed by atoms with Crippen LogP contribution in [0.25, 0.3) is 6.08 Å². The van der Waals surface area contributed by atoms with Gasteiger partial charge in [-0.25, -0.2) is 4.79 Å². The van der Waals surface area contributed by atoms with Crippen LogP contribution in [-0.4, -0.2) is 55.5 Å². The number of esters is 1. The molecule has 2 aromatic rings. The number of carbonyl (C=O) groups is 4. The average Bonchev–Trinajstić information content (AvgIpc) is 3.01. The van der Waals surface area contributed by atoms with Crippen LogP contribution in [0.2, 0.25) is 5.02 Å². The Morgan fingerprint density at radius 1 is 1.02 bits per heavy atom. The van der Waals surface area contributed by atoms with E-state index in [9.17, 15) is 19.2 Å². The van der Waals surface area contributed by atoms with Gasteiger partial charge in [-0.3, -0.25) is 14.4 Å². The molecule has 0 spiro atoms. The van der Waals surface area contributed by atoms with Crippen molar-refractivity contribution in [2.45, 2.75) is 72.1 Å². The van der Waals surface area contributed by atoms with Crippen LogP contribution in [0.1, 0.15) is 58.6 Å². The molecule has 3 rings (SSSR count). The van der Waals surface area contributed by atoms with Gasteiger partial charge >= 0.3 is 5.97 Å². The third kappa shape index (κ3) is 11.1. The molecule has 0 fully saturated rings. The van der Waals surface area contributed by atoms with Gasteiger partial charge in [-0.2, -0.15) is 0 Å². The highest BCUT2D eigenvalue weighted by atomic mass is 35.5. The van der Waals surface area contributed by atoms with E-state index in [4.69, 9.17) is 21.1 Å². The summed E-state index contributed by atoms with van der Waals surface area (Å²) in [6, 6.07) is 13.1. The monoisotopic (exact) mass is 651 g/mol. The van der Waals surface area contributed by atoms with Crippen molar-refractivity contribution < 1.29 is 28.7 Å². The number of hydrogen-bond acceptors (Lipinski definition) is 6. The molecular weight excluding hydrogens is 606 g/mol. The van der Waals surface area contributed by atoms with E-state index in [-0.39, 0.29) is 31.2 Å². The molecule has 0 saturated heterocycles. The van der Waals surface area contributed by atoms with Crippen molar-refractivity contribution in [2.24, 2.45) is 17.3 Å². The van der Waals surface area contributed by atoms with E-state index in [0.717, 1.165) is 5.56 Å². The minimum absolute atomic E-state index is 0.0311. The van der Waals surface area contributed by atoms with Crippen molar-refractivity contribution in [1.29, 1.82) is 0 Å². The van der Waals surface area contributed by atoms with Crippen molar-refractivity contribution in [3.63, 3.8) is 0 Å². The summed E-state index contributed by atoms with van der Waals surface area (Å²) in [6.45, 7) is 9.19.